The maximum absolute atomic E-state index is 14.4. The molecule has 4 rings (SSSR count). The number of aromatic amines is 1. The van der Waals surface area contributed by atoms with Gasteiger partial charge in [0, 0.05) is 11.8 Å². The molecule has 6 nitrogen and oxygen atoms in total. The van der Waals surface area contributed by atoms with E-state index >= 15 is 0 Å². The molecule has 0 unspecified atom stereocenters. The monoisotopic (exact) mass is 434 g/mol. The average molecular weight is 435 g/mol. The first-order valence-corrected chi connectivity index (χ1v) is 8.51. The minimum Gasteiger partial charge on any atom is -0.366 e. The van der Waals surface area contributed by atoms with Crippen LogP contribution in [0.1, 0.15) is 17.8 Å². The van der Waals surface area contributed by atoms with Crippen molar-refractivity contribution in [2.75, 3.05) is 0 Å². The second-order valence-corrected chi connectivity index (χ2v) is 6.49. The lowest BCUT2D eigenvalue weighted by atomic mass is 10.1. The highest BCUT2D eigenvalue weighted by Crippen LogP contribution is 2.33. The third-order valence-corrected chi connectivity index (χ3v) is 4.61. The molecule has 0 saturated heterocycles. The van der Waals surface area contributed by atoms with Gasteiger partial charge in [-0.3, -0.25) is 9.59 Å². The number of carbonyl (C=O) groups excluding carboxylic acids is 1. The summed E-state index contributed by atoms with van der Waals surface area (Å²) in [5, 5.41) is 4.00. The number of para-hydroxylation sites is 1. The van der Waals surface area contributed by atoms with Crippen molar-refractivity contribution in [2.45, 2.75) is 7.43 Å². The maximum Gasteiger partial charge on any atom is 0.259 e. The number of H-pyrrole nitrogens is 1. The summed E-state index contributed by atoms with van der Waals surface area (Å²) >= 11 is 6.18. The fraction of sp³-hybridized carbons (Fsp3) is 0.0500. The van der Waals surface area contributed by atoms with Crippen molar-refractivity contribution in [3.8, 4) is 16.9 Å². The van der Waals surface area contributed by atoms with Crippen LogP contribution in [-0.4, -0.2) is 20.7 Å². The van der Waals surface area contributed by atoms with Gasteiger partial charge >= 0.3 is 0 Å². The Hall–Kier alpha value is -3.59. The van der Waals surface area contributed by atoms with Gasteiger partial charge in [-0.25, -0.2) is 17.9 Å². The summed E-state index contributed by atoms with van der Waals surface area (Å²) in [7, 11) is 0. The Morgan fingerprint density at radius 3 is 2.37 bits per heavy atom. The summed E-state index contributed by atoms with van der Waals surface area (Å²) in [5.74, 6) is -3.79. The standard InChI is InChI=1S/C19H10ClF3N4O2.CH4/c20-10-7-25-19(29)14-15(8-4-5-9(18(24)28)13(23)6-8)26-27(16(10)14)17-11(21)2-1-3-12(17)22;/h1-7H,(H2,24,28)(H,25,29);1H4. The van der Waals surface area contributed by atoms with Crippen LogP contribution in [0.25, 0.3) is 27.8 Å². The molecular weight excluding hydrogens is 421 g/mol. The Labute approximate surface area is 172 Å². The Morgan fingerprint density at radius 2 is 1.77 bits per heavy atom. The number of aromatic nitrogens is 3. The normalized spacial score (nSPS) is 10.8. The summed E-state index contributed by atoms with van der Waals surface area (Å²) in [6, 6.07) is 6.60. The molecule has 2 aromatic carbocycles. The van der Waals surface area contributed by atoms with Crippen molar-refractivity contribution < 1.29 is 18.0 Å². The van der Waals surface area contributed by atoms with Gasteiger partial charge in [-0.1, -0.05) is 31.2 Å². The average Bonchev–Trinajstić information content (AvgIpc) is 3.06. The highest BCUT2D eigenvalue weighted by Gasteiger charge is 2.23. The van der Waals surface area contributed by atoms with Crippen molar-refractivity contribution in [2.24, 2.45) is 5.73 Å². The van der Waals surface area contributed by atoms with E-state index in [4.69, 9.17) is 17.3 Å². The van der Waals surface area contributed by atoms with E-state index in [1.807, 2.05) is 0 Å². The van der Waals surface area contributed by atoms with E-state index in [1.54, 1.807) is 0 Å². The molecule has 10 heteroatoms. The first-order valence-electron chi connectivity index (χ1n) is 8.13. The van der Waals surface area contributed by atoms with E-state index in [0.717, 1.165) is 35.1 Å². The van der Waals surface area contributed by atoms with Crippen LogP contribution in [0.2, 0.25) is 5.02 Å². The van der Waals surface area contributed by atoms with Crippen LogP contribution in [0, 0.1) is 17.5 Å². The number of nitrogens with one attached hydrogen (secondary N) is 1. The number of hydrogen-bond donors (Lipinski definition) is 2. The van der Waals surface area contributed by atoms with Crippen LogP contribution < -0.4 is 11.3 Å². The van der Waals surface area contributed by atoms with Crippen molar-refractivity contribution in [3.63, 3.8) is 0 Å². The number of nitrogens with two attached hydrogens (primary N) is 1. The van der Waals surface area contributed by atoms with Crippen molar-refractivity contribution >= 4 is 28.4 Å². The Bertz CT molecular complexity index is 1340. The molecule has 0 atom stereocenters. The molecule has 154 valence electrons. The van der Waals surface area contributed by atoms with Crippen LogP contribution in [0.3, 0.4) is 0 Å². The van der Waals surface area contributed by atoms with Gasteiger partial charge in [0.25, 0.3) is 11.5 Å². The topological polar surface area (TPSA) is 93.8 Å². The van der Waals surface area contributed by atoms with E-state index in [-0.39, 0.29) is 40.2 Å². The number of rotatable bonds is 3. The Morgan fingerprint density at radius 1 is 1.10 bits per heavy atom. The quantitative estimate of drug-likeness (QED) is 0.506. The molecule has 3 N–H and O–H groups in total. The van der Waals surface area contributed by atoms with Gasteiger partial charge in [-0.2, -0.15) is 5.10 Å². The van der Waals surface area contributed by atoms with Gasteiger partial charge in [-0.05, 0) is 24.3 Å². The Kier molecular flexibility index (Phi) is 5.41. The molecule has 2 aromatic heterocycles. The summed E-state index contributed by atoms with van der Waals surface area (Å²) in [6.45, 7) is 0. The summed E-state index contributed by atoms with van der Waals surface area (Å²) < 4.78 is 43.9. The van der Waals surface area contributed by atoms with E-state index in [0.29, 0.717) is 0 Å². The van der Waals surface area contributed by atoms with Crippen LogP contribution in [0.4, 0.5) is 13.2 Å². The van der Waals surface area contributed by atoms with Crippen molar-refractivity contribution in [3.05, 3.63) is 81.0 Å². The molecule has 0 saturated carbocycles. The molecule has 0 aliphatic rings. The van der Waals surface area contributed by atoms with Gasteiger partial charge < -0.3 is 10.7 Å². The maximum atomic E-state index is 14.4. The smallest absolute Gasteiger partial charge is 0.259 e. The number of primary amides is 1. The molecule has 1 amide bonds. The van der Waals surface area contributed by atoms with Crippen molar-refractivity contribution in [1.29, 1.82) is 0 Å². The largest absolute Gasteiger partial charge is 0.366 e. The summed E-state index contributed by atoms with van der Waals surface area (Å²) in [6.07, 6.45) is 1.16. The van der Waals surface area contributed by atoms with Gasteiger partial charge in [0.2, 0.25) is 0 Å². The lowest BCUT2D eigenvalue weighted by Crippen LogP contribution is -2.13. The lowest BCUT2D eigenvalue weighted by Gasteiger charge is -2.07. The second kappa shape index (κ2) is 7.68. The number of hydrogen-bond acceptors (Lipinski definition) is 3. The number of carbonyl (C=O) groups is 1. The molecule has 0 fully saturated rings. The minimum absolute atomic E-state index is 0. The van der Waals surface area contributed by atoms with Crippen LogP contribution in [0.15, 0.2) is 47.4 Å². The number of fused-ring (bicyclic) bond motifs is 1. The van der Waals surface area contributed by atoms with Gasteiger partial charge in [0.15, 0.2) is 11.6 Å². The molecule has 0 aliphatic heterocycles. The number of nitrogens with zero attached hydrogens (tertiary/aromatic N) is 2. The van der Waals surface area contributed by atoms with Crippen LogP contribution in [-0.2, 0) is 0 Å². The predicted molar refractivity (Wildman–Crippen MR) is 107 cm³/mol. The predicted octanol–water partition coefficient (Wildman–Crippen LogP) is 4.19. The highest BCUT2D eigenvalue weighted by molar-refractivity contribution is 6.35. The van der Waals surface area contributed by atoms with Crippen LogP contribution in [0.5, 0.6) is 0 Å². The SMILES string of the molecule is C.NC(=O)c1ccc(-c2nn(-c3c(F)cccc3F)c3c(Cl)c[nH]c(=O)c23)cc1F. The van der Waals surface area contributed by atoms with E-state index in [1.165, 1.54) is 12.1 Å². The van der Waals surface area contributed by atoms with Crippen LogP contribution >= 0.6 is 11.6 Å². The third-order valence-electron chi connectivity index (χ3n) is 4.33. The molecule has 0 radical (unpaired) electrons. The second-order valence-electron chi connectivity index (χ2n) is 6.08. The fourth-order valence-electron chi connectivity index (χ4n) is 3.04. The molecule has 2 heterocycles. The summed E-state index contributed by atoms with van der Waals surface area (Å²) in [5.41, 5.74) is 3.48. The van der Waals surface area contributed by atoms with Gasteiger partial charge in [0.1, 0.15) is 22.7 Å². The molecule has 4 aromatic rings. The molecule has 0 bridgehead atoms. The van der Waals surface area contributed by atoms with Crippen molar-refractivity contribution in [1.82, 2.24) is 14.8 Å². The highest BCUT2D eigenvalue weighted by atomic mass is 35.5. The molecule has 30 heavy (non-hydrogen) atoms. The number of benzene rings is 2. The first kappa shape index (κ1) is 21.1. The van der Waals surface area contributed by atoms with Gasteiger partial charge in [-0.15, -0.1) is 0 Å². The molecular formula is C20H14ClF3N4O2. The Balaban J connectivity index is 0.00000256. The zero-order valence-electron chi connectivity index (χ0n) is 14.3. The number of pyridine rings is 1. The number of halogens is 4. The molecule has 0 spiro atoms. The first-order chi connectivity index (χ1) is 13.8. The lowest BCUT2D eigenvalue weighted by molar-refractivity contribution is 0.0996. The zero-order chi connectivity index (χ0) is 20.9. The number of amides is 1. The fourth-order valence-corrected chi connectivity index (χ4v) is 3.27. The minimum atomic E-state index is -0.973. The van der Waals surface area contributed by atoms with E-state index in [9.17, 15) is 22.8 Å². The van der Waals surface area contributed by atoms with E-state index in [2.05, 4.69) is 10.1 Å². The third kappa shape index (κ3) is 3.22. The molecule has 0 aliphatic carbocycles. The van der Waals surface area contributed by atoms with E-state index < -0.39 is 34.6 Å². The van der Waals surface area contributed by atoms with Gasteiger partial charge in [0.05, 0.1) is 16.0 Å². The zero-order valence-corrected chi connectivity index (χ0v) is 15.1. The summed E-state index contributed by atoms with van der Waals surface area (Å²) in [4.78, 5) is 26.1.